The molecule has 0 saturated heterocycles. The summed E-state index contributed by atoms with van der Waals surface area (Å²) < 4.78 is 0.0320. The average Bonchev–Trinajstić information content (AvgIpc) is 2.27. The van der Waals surface area contributed by atoms with Gasteiger partial charge in [0.1, 0.15) is 5.82 Å². The molecule has 0 atom stereocenters. The monoisotopic (exact) mass is 274 g/mol. The van der Waals surface area contributed by atoms with Crippen molar-refractivity contribution < 1.29 is 9.90 Å². The van der Waals surface area contributed by atoms with Crippen LogP contribution in [0.15, 0.2) is 12.3 Å². The SMILES string of the molecule is CSC(C)(C)CNc1nccc(C(=O)O)c1Cl. The zero-order valence-electron chi connectivity index (χ0n) is 9.95. The Kier molecular flexibility index (Phi) is 4.65. The molecule has 0 bridgehead atoms. The van der Waals surface area contributed by atoms with E-state index in [0.29, 0.717) is 12.4 Å². The van der Waals surface area contributed by atoms with Gasteiger partial charge in [-0.2, -0.15) is 11.8 Å². The number of hydrogen-bond donors (Lipinski definition) is 2. The number of rotatable bonds is 5. The van der Waals surface area contributed by atoms with Gasteiger partial charge in [0.25, 0.3) is 0 Å². The highest BCUT2D eigenvalue weighted by molar-refractivity contribution is 7.99. The topological polar surface area (TPSA) is 62.2 Å². The summed E-state index contributed by atoms with van der Waals surface area (Å²) in [6, 6.07) is 1.38. The first-order chi connectivity index (χ1) is 7.87. The lowest BCUT2D eigenvalue weighted by Crippen LogP contribution is -2.26. The first kappa shape index (κ1) is 14.1. The quantitative estimate of drug-likeness (QED) is 0.864. The third-order valence-electron chi connectivity index (χ3n) is 2.35. The molecule has 2 N–H and O–H groups in total. The van der Waals surface area contributed by atoms with E-state index in [-0.39, 0.29) is 15.3 Å². The normalized spacial score (nSPS) is 11.3. The summed E-state index contributed by atoms with van der Waals surface area (Å²) >= 11 is 7.68. The Morgan fingerprint density at radius 2 is 2.29 bits per heavy atom. The number of carboxylic acid groups (broad SMARTS) is 1. The third-order valence-corrected chi connectivity index (χ3v) is 3.99. The van der Waals surface area contributed by atoms with Crippen LogP contribution in [0.5, 0.6) is 0 Å². The van der Waals surface area contributed by atoms with Gasteiger partial charge >= 0.3 is 5.97 Å². The van der Waals surface area contributed by atoms with E-state index in [2.05, 4.69) is 24.1 Å². The fourth-order valence-electron chi connectivity index (χ4n) is 1.10. The lowest BCUT2D eigenvalue weighted by Gasteiger charge is -2.23. The first-order valence-electron chi connectivity index (χ1n) is 5.04. The van der Waals surface area contributed by atoms with Crippen LogP contribution in [0.3, 0.4) is 0 Å². The van der Waals surface area contributed by atoms with Gasteiger partial charge in [0.05, 0.1) is 10.6 Å². The van der Waals surface area contributed by atoms with Gasteiger partial charge < -0.3 is 10.4 Å². The molecule has 0 aliphatic rings. The minimum atomic E-state index is -1.05. The van der Waals surface area contributed by atoms with E-state index < -0.39 is 5.97 Å². The van der Waals surface area contributed by atoms with Crippen molar-refractivity contribution in [2.45, 2.75) is 18.6 Å². The minimum Gasteiger partial charge on any atom is -0.478 e. The predicted molar refractivity (Wildman–Crippen MR) is 72.3 cm³/mol. The predicted octanol–water partition coefficient (Wildman–Crippen LogP) is 2.99. The molecule has 0 unspecified atom stereocenters. The number of aromatic carboxylic acids is 1. The van der Waals surface area contributed by atoms with Crippen LogP contribution in [0, 0.1) is 0 Å². The van der Waals surface area contributed by atoms with Crippen molar-refractivity contribution in [2.75, 3.05) is 18.1 Å². The Morgan fingerprint density at radius 3 is 2.82 bits per heavy atom. The molecule has 6 heteroatoms. The summed E-state index contributed by atoms with van der Waals surface area (Å²) in [6.45, 7) is 4.82. The molecule has 0 aromatic carbocycles. The molecule has 1 rings (SSSR count). The highest BCUT2D eigenvalue weighted by Gasteiger charge is 2.18. The number of nitrogens with zero attached hydrogens (tertiary/aromatic N) is 1. The van der Waals surface area contributed by atoms with Crippen LogP contribution < -0.4 is 5.32 Å². The zero-order valence-corrected chi connectivity index (χ0v) is 11.5. The standard InChI is InChI=1S/C11H15ClN2O2S/c1-11(2,17-3)6-14-9-8(12)7(10(15)16)4-5-13-9/h4-5H,6H2,1-3H3,(H,13,14)(H,15,16). The molecule has 0 saturated carbocycles. The van der Waals surface area contributed by atoms with Crippen molar-refractivity contribution in [1.82, 2.24) is 4.98 Å². The van der Waals surface area contributed by atoms with Crippen LogP contribution in [0.2, 0.25) is 5.02 Å². The Bertz CT molecular complexity index is 424. The van der Waals surface area contributed by atoms with Gasteiger partial charge in [0.2, 0.25) is 0 Å². The van der Waals surface area contributed by atoms with E-state index in [4.69, 9.17) is 16.7 Å². The molecule has 17 heavy (non-hydrogen) atoms. The maximum atomic E-state index is 10.9. The molecule has 0 amide bonds. The smallest absolute Gasteiger partial charge is 0.337 e. The van der Waals surface area contributed by atoms with Crippen molar-refractivity contribution in [1.29, 1.82) is 0 Å². The maximum Gasteiger partial charge on any atom is 0.337 e. The molecular formula is C11H15ClN2O2S. The summed E-state index contributed by atoms with van der Waals surface area (Å²) in [4.78, 5) is 14.9. The van der Waals surface area contributed by atoms with Crippen LogP contribution in [-0.2, 0) is 0 Å². The summed E-state index contributed by atoms with van der Waals surface area (Å²) in [5.74, 6) is -0.640. The number of carboxylic acids is 1. The molecule has 0 aliphatic heterocycles. The first-order valence-corrected chi connectivity index (χ1v) is 6.64. The number of carbonyl (C=O) groups is 1. The Balaban J connectivity index is 2.86. The van der Waals surface area contributed by atoms with Gasteiger partial charge in [0.15, 0.2) is 0 Å². The number of anilines is 1. The van der Waals surface area contributed by atoms with Crippen LogP contribution in [-0.4, -0.2) is 33.6 Å². The lowest BCUT2D eigenvalue weighted by atomic mass is 10.2. The number of nitrogens with one attached hydrogen (secondary N) is 1. The summed E-state index contributed by atoms with van der Waals surface area (Å²) in [5, 5.41) is 12.1. The van der Waals surface area contributed by atoms with E-state index in [0.717, 1.165) is 0 Å². The van der Waals surface area contributed by atoms with E-state index in [1.54, 1.807) is 11.8 Å². The van der Waals surface area contributed by atoms with Crippen molar-refractivity contribution >= 4 is 35.1 Å². The molecule has 4 nitrogen and oxygen atoms in total. The second-order valence-corrected chi connectivity index (χ2v) is 6.04. The fourth-order valence-corrected chi connectivity index (χ4v) is 1.58. The van der Waals surface area contributed by atoms with Gasteiger partial charge in [-0.1, -0.05) is 11.6 Å². The second-order valence-electron chi connectivity index (χ2n) is 4.14. The van der Waals surface area contributed by atoms with Crippen LogP contribution >= 0.6 is 23.4 Å². The van der Waals surface area contributed by atoms with Crippen LogP contribution in [0.25, 0.3) is 0 Å². The third kappa shape index (κ3) is 3.78. The van der Waals surface area contributed by atoms with E-state index in [1.165, 1.54) is 12.3 Å². The number of halogens is 1. The average molecular weight is 275 g/mol. The highest BCUT2D eigenvalue weighted by Crippen LogP contribution is 2.26. The number of aromatic nitrogens is 1. The molecule has 1 heterocycles. The van der Waals surface area contributed by atoms with Gasteiger partial charge in [-0.25, -0.2) is 9.78 Å². The number of thioether (sulfide) groups is 1. The second kappa shape index (κ2) is 5.60. The van der Waals surface area contributed by atoms with E-state index in [9.17, 15) is 4.79 Å². The zero-order chi connectivity index (χ0) is 13.1. The van der Waals surface area contributed by atoms with Crippen molar-refractivity contribution in [2.24, 2.45) is 0 Å². The van der Waals surface area contributed by atoms with Crippen molar-refractivity contribution in [3.8, 4) is 0 Å². The molecule has 94 valence electrons. The Hall–Kier alpha value is -0.940. The molecule has 0 aliphatic carbocycles. The van der Waals surface area contributed by atoms with Crippen LogP contribution in [0.1, 0.15) is 24.2 Å². The molecule has 0 fully saturated rings. The van der Waals surface area contributed by atoms with Gasteiger partial charge in [0, 0.05) is 17.5 Å². The van der Waals surface area contributed by atoms with Gasteiger partial charge in [-0.3, -0.25) is 0 Å². The molecule has 0 spiro atoms. The van der Waals surface area contributed by atoms with Gasteiger partial charge in [-0.15, -0.1) is 0 Å². The van der Waals surface area contributed by atoms with Crippen molar-refractivity contribution in [3.05, 3.63) is 22.8 Å². The van der Waals surface area contributed by atoms with Crippen molar-refractivity contribution in [3.63, 3.8) is 0 Å². The number of pyridine rings is 1. The fraction of sp³-hybridized carbons (Fsp3) is 0.455. The highest BCUT2D eigenvalue weighted by atomic mass is 35.5. The van der Waals surface area contributed by atoms with E-state index in [1.807, 2.05) is 6.26 Å². The maximum absolute atomic E-state index is 10.9. The Labute approximate surface area is 110 Å². The van der Waals surface area contributed by atoms with E-state index >= 15 is 0 Å². The molecule has 1 aromatic heterocycles. The summed E-state index contributed by atoms with van der Waals surface area (Å²) in [6.07, 6.45) is 3.45. The number of hydrogen-bond acceptors (Lipinski definition) is 4. The van der Waals surface area contributed by atoms with Gasteiger partial charge in [-0.05, 0) is 26.2 Å². The minimum absolute atomic E-state index is 0.0320. The molecule has 1 aromatic rings. The largest absolute Gasteiger partial charge is 0.478 e. The van der Waals surface area contributed by atoms with Crippen LogP contribution in [0.4, 0.5) is 5.82 Å². The summed E-state index contributed by atoms with van der Waals surface area (Å²) in [7, 11) is 0. The Morgan fingerprint density at radius 1 is 1.65 bits per heavy atom. The summed E-state index contributed by atoms with van der Waals surface area (Å²) in [5.41, 5.74) is 0.0612. The molecular weight excluding hydrogens is 260 g/mol. The lowest BCUT2D eigenvalue weighted by molar-refractivity contribution is 0.0697. The molecule has 0 radical (unpaired) electrons.